The van der Waals surface area contributed by atoms with Crippen molar-refractivity contribution < 1.29 is 18.7 Å². The number of aryl methyl sites for hydroxylation is 1. The number of anilines is 1. The van der Waals surface area contributed by atoms with Crippen LogP contribution < -0.4 is 10.6 Å². The summed E-state index contributed by atoms with van der Waals surface area (Å²) in [6.07, 6.45) is 5.83. The highest BCUT2D eigenvalue weighted by molar-refractivity contribution is 5.92. The molecule has 0 saturated heterocycles. The minimum atomic E-state index is -0.482. The van der Waals surface area contributed by atoms with Crippen LogP contribution >= 0.6 is 0 Å². The number of hydrogen-bond donors (Lipinski definition) is 2. The van der Waals surface area contributed by atoms with E-state index in [0.717, 1.165) is 25.7 Å². The summed E-state index contributed by atoms with van der Waals surface area (Å²) in [5.74, 6) is 0.714. The van der Waals surface area contributed by atoms with Gasteiger partial charge in [-0.2, -0.15) is 0 Å². The Balaban J connectivity index is 1.56. The molecule has 3 aromatic rings. The van der Waals surface area contributed by atoms with Crippen LogP contribution in [-0.2, 0) is 4.74 Å². The molecule has 0 aromatic carbocycles. The number of furan rings is 1. The second kappa shape index (κ2) is 7.86. The topological polar surface area (TPSA) is 119 Å². The van der Waals surface area contributed by atoms with E-state index in [9.17, 15) is 9.59 Å². The van der Waals surface area contributed by atoms with Gasteiger partial charge in [0.15, 0.2) is 11.4 Å². The Kier molecular flexibility index (Phi) is 5.11. The number of urea groups is 1. The van der Waals surface area contributed by atoms with Crippen LogP contribution in [0, 0.1) is 6.92 Å². The van der Waals surface area contributed by atoms with Gasteiger partial charge < -0.3 is 14.5 Å². The summed E-state index contributed by atoms with van der Waals surface area (Å²) in [4.78, 5) is 37.1. The maximum atomic E-state index is 12.2. The fourth-order valence-electron chi connectivity index (χ4n) is 3.41. The standard InChI is InChI=1S/C20H21N5O4/c1-11-13(19(26)28-2)9-16(29-11)15-10-21-14-7-8-17(24-18(14)23-15)25-20(27)22-12-5-3-4-6-12/h7-10,12H,3-6H2,1-2H3,(H2,22,23,24,25,27). The zero-order chi connectivity index (χ0) is 20.4. The summed E-state index contributed by atoms with van der Waals surface area (Å²) in [6, 6.07) is 4.91. The summed E-state index contributed by atoms with van der Waals surface area (Å²) in [5, 5.41) is 5.70. The Bertz CT molecular complexity index is 1070. The van der Waals surface area contributed by atoms with Crippen LogP contribution in [0.4, 0.5) is 10.6 Å². The summed E-state index contributed by atoms with van der Waals surface area (Å²) < 4.78 is 10.4. The molecule has 0 unspecified atom stereocenters. The van der Waals surface area contributed by atoms with Gasteiger partial charge in [-0.05, 0) is 31.9 Å². The predicted molar refractivity (Wildman–Crippen MR) is 106 cm³/mol. The van der Waals surface area contributed by atoms with E-state index >= 15 is 0 Å². The lowest BCUT2D eigenvalue weighted by Gasteiger charge is -2.12. The Labute approximate surface area is 166 Å². The Morgan fingerprint density at radius 1 is 1.21 bits per heavy atom. The van der Waals surface area contributed by atoms with Crippen molar-refractivity contribution in [2.45, 2.75) is 38.6 Å². The minimum absolute atomic E-state index is 0.216. The zero-order valence-electron chi connectivity index (χ0n) is 16.2. The molecule has 1 saturated carbocycles. The van der Waals surface area contributed by atoms with Gasteiger partial charge in [0.25, 0.3) is 0 Å². The molecule has 0 spiro atoms. The van der Waals surface area contributed by atoms with Gasteiger partial charge >= 0.3 is 12.0 Å². The van der Waals surface area contributed by atoms with Gasteiger partial charge in [0, 0.05) is 12.1 Å². The van der Waals surface area contributed by atoms with E-state index < -0.39 is 5.97 Å². The molecule has 3 heterocycles. The minimum Gasteiger partial charge on any atom is -0.465 e. The largest absolute Gasteiger partial charge is 0.465 e. The van der Waals surface area contributed by atoms with E-state index in [0.29, 0.717) is 39.8 Å². The number of amides is 2. The van der Waals surface area contributed by atoms with Crippen LogP contribution in [0.5, 0.6) is 0 Å². The molecule has 0 bridgehead atoms. The fraction of sp³-hybridized carbons (Fsp3) is 0.350. The van der Waals surface area contributed by atoms with Crippen molar-refractivity contribution in [2.24, 2.45) is 0 Å². The monoisotopic (exact) mass is 395 g/mol. The van der Waals surface area contributed by atoms with E-state index in [1.807, 2.05) is 0 Å². The molecule has 1 aliphatic carbocycles. The maximum absolute atomic E-state index is 12.2. The van der Waals surface area contributed by atoms with Crippen molar-refractivity contribution in [3.8, 4) is 11.5 Å². The number of rotatable bonds is 4. The average molecular weight is 395 g/mol. The Morgan fingerprint density at radius 3 is 2.76 bits per heavy atom. The Morgan fingerprint density at radius 2 is 2.00 bits per heavy atom. The lowest BCUT2D eigenvalue weighted by atomic mass is 10.2. The number of hydrogen-bond acceptors (Lipinski definition) is 7. The molecule has 0 radical (unpaired) electrons. The maximum Gasteiger partial charge on any atom is 0.341 e. The summed E-state index contributed by atoms with van der Waals surface area (Å²) >= 11 is 0. The number of fused-ring (bicyclic) bond motifs is 1. The normalized spacial score (nSPS) is 14.1. The molecular formula is C20H21N5O4. The van der Waals surface area contributed by atoms with E-state index in [4.69, 9.17) is 9.15 Å². The first-order valence-electron chi connectivity index (χ1n) is 9.44. The van der Waals surface area contributed by atoms with Crippen molar-refractivity contribution in [2.75, 3.05) is 12.4 Å². The highest BCUT2D eigenvalue weighted by Crippen LogP contribution is 2.25. The third kappa shape index (κ3) is 4.03. The van der Waals surface area contributed by atoms with Crippen molar-refractivity contribution in [1.29, 1.82) is 0 Å². The number of nitrogens with zero attached hydrogens (tertiary/aromatic N) is 3. The molecule has 1 aliphatic rings. The highest BCUT2D eigenvalue weighted by Gasteiger charge is 2.19. The van der Waals surface area contributed by atoms with Crippen molar-refractivity contribution >= 4 is 29.0 Å². The van der Waals surface area contributed by atoms with Gasteiger partial charge in [-0.15, -0.1) is 0 Å². The van der Waals surface area contributed by atoms with Crippen LogP contribution in [0.1, 0.15) is 41.8 Å². The number of aromatic nitrogens is 3. The molecule has 9 nitrogen and oxygen atoms in total. The number of esters is 1. The van der Waals surface area contributed by atoms with Gasteiger partial charge in [-0.1, -0.05) is 12.8 Å². The smallest absolute Gasteiger partial charge is 0.341 e. The SMILES string of the molecule is COC(=O)c1cc(-c2cnc3ccc(NC(=O)NC4CCCC4)nc3n2)oc1C. The van der Waals surface area contributed by atoms with Crippen molar-refractivity contribution in [3.63, 3.8) is 0 Å². The first kappa shape index (κ1) is 18.9. The number of carbonyl (C=O) groups is 2. The molecule has 3 aromatic heterocycles. The molecule has 2 amide bonds. The third-order valence-electron chi connectivity index (χ3n) is 4.91. The molecule has 9 heteroatoms. The molecule has 1 fully saturated rings. The van der Waals surface area contributed by atoms with Crippen LogP contribution in [0.2, 0.25) is 0 Å². The summed E-state index contributed by atoms with van der Waals surface area (Å²) in [7, 11) is 1.31. The first-order chi connectivity index (χ1) is 14.0. The summed E-state index contributed by atoms with van der Waals surface area (Å²) in [5.41, 5.74) is 1.69. The van der Waals surface area contributed by atoms with E-state index in [1.165, 1.54) is 7.11 Å². The van der Waals surface area contributed by atoms with Gasteiger partial charge in [-0.3, -0.25) is 10.3 Å². The van der Waals surface area contributed by atoms with Gasteiger partial charge in [0.1, 0.15) is 28.4 Å². The molecular weight excluding hydrogens is 374 g/mol. The van der Waals surface area contributed by atoms with Crippen LogP contribution in [0.25, 0.3) is 22.6 Å². The molecule has 2 N–H and O–H groups in total. The number of pyridine rings is 1. The van der Waals surface area contributed by atoms with Crippen molar-refractivity contribution in [3.05, 3.63) is 35.7 Å². The lowest BCUT2D eigenvalue weighted by molar-refractivity contribution is 0.0598. The summed E-state index contributed by atoms with van der Waals surface area (Å²) in [6.45, 7) is 1.67. The number of methoxy groups -OCH3 is 1. The first-order valence-corrected chi connectivity index (χ1v) is 9.44. The molecule has 150 valence electrons. The van der Waals surface area contributed by atoms with Crippen molar-refractivity contribution in [1.82, 2.24) is 20.3 Å². The van der Waals surface area contributed by atoms with Crippen LogP contribution in [-0.4, -0.2) is 40.1 Å². The fourth-order valence-corrected chi connectivity index (χ4v) is 3.41. The van der Waals surface area contributed by atoms with Gasteiger partial charge in [-0.25, -0.2) is 19.6 Å². The van der Waals surface area contributed by atoms with E-state index in [1.54, 1.807) is 31.3 Å². The van der Waals surface area contributed by atoms with E-state index in [-0.39, 0.29) is 12.1 Å². The second-order valence-corrected chi connectivity index (χ2v) is 6.95. The van der Waals surface area contributed by atoms with Gasteiger partial charge in [0.05, 0.1) is 13.3 Å². The quantitative estimate of drug-likeness (QED) is 0.649. The number of nitrogens with one attached hydrogen (secondary N) is 2. The van der Waals surface area contributed by atoms with E-state index in [2.05, 4.69) is 25.6 Å². The number of carbonyl (C=O) groups excluding carboxylic acids is 2. The van der Waals surface area contributed by atoms with Crippen LogP contribution in [0.3, 0.4) is 0 Å². The second-order valence-electron chi connectivity index (χ2n) is 6.95. The third-order valence-corrected chi connectivity index (χ3v) is 4.91. The number of ether oxygens (including phenoxy) is 1. The molecule has 0 aliphatic heterocycles. The highest BCUT2D eigenvalue weighted by atomic mass is 16.5. The van der Waals surface area contributed by atoms with Crippen LogP contribution in [0.15, 0.2) is 28.8 Å². The Hall–Kier alpha value is -3.49. The molecule has 0 atom stereocenters. The molecule has 29 heavy (non-hydrogen) atoms. The zero-order valence-corrected chi connectivity index (χ0v) is 16.2. The average Bonchev–Trinajstić information content (AvgIpc) is 3.36. The van der Waals surface area contributed by atoms with Gasteiger partial charge in [0.2, 0.25) is 0 Å². The predicted octanol–water partition coefficient (Wildman–Crippen LogP) is 3.44. The molecule has 4 rings (SSSR count). The lowest BCUT2D eigenvalue weighted by Crippen LogP contribution is -2.36.